The number of carbonyl (C=O) groups is 3. The maximum absolute atomic E-state index is 12.9. The molecule has 1 unspecified atom stereocenters. The monoisotopic (exact) mass is 1070 g/mol. The van der Waals surface area contributed by atoms with Gasteiger partial charge in [-0.15, -0.1) is 0 Å². The molecule has 6 nitrogen and oxygen atoms in total. The molecule has 0 saturated heterocycles. The molecule has 0 aliphatic heterocycles. The van der Waals surface area contributed by atoms with Gasteiger partial charge in [0.1, 0.15) is 13.2 Å². The Morgan fingerprint density at radius 2 is 0.506 bits per heavy atom. The molecule has 0 amide bonds. The first-order valence-electron chi connectivity index (χ1n) is 32.7. The van der Waals surface area contributed by atoms with Crippen molar-refractivity contribution < 1.29 is 28.6 Å². The molecule has 0 fully saturated rings. The van der Waals surface area contributed by atoms with E-state index in [1.165, 1.54) is 154 Å². The zero-order valence-corrected chi connectivity index (χ0v) is 50.7. The fourth-order valence-corrected chi connectivity index (χ4v) is 9.18. The number of rotatable bonds is 59. The van der Waals surface area contributed by atoms with Gasteiger partial charge in [0.15, 0.2) is 6.10 Å². The van der Waals surface area contributed by atoms with Gasteiger partial charge in [-0.25, -0.2) is 0 Å². The third-order valence-corrected chi connectivity index (χ3v) is 14.1. The topological polar surface area (TPSA) is 78.9 Å². The Kier molecular flexibility index (Phi) is 61.8. The quantitative estimate of drug-likeness (QED) is 0.0261. The summed E-state index contributed by atoms with van der Waals surface area (Å²) in [5, 5.41) is 0. The molecule has 77 heavy (non-hydrogen) atoms. The summed E-state index contributed by atoms with van der Waals surface area (Å²) in [6.07, 6.45) is 87.0. The highest BCUT2D eigenvalue weighted by atomic mass is 16.6. The van der Waals surface area contributed by atoms with Gasteiger partial charge < -0.3 is 14.2 Å². The number of unbranched alkanes of at least 4 members (excludes halogenated alkanes) is 32. The minimum Gasteiger partial charge on any atom is -0.462 e. The molecule has 0 rings (SSSR count). The van der Waals surface area contributed by atoms with E-state index in [9.17, 15) is 14.4 Å². The first kappa shape index (κ1) is 73.3. The van der Waals surface area contributed by atoms with Crippen molar-refractivity contribution in [3.63, 3.8) is 0 Å². The lowest BCUT2D eigenvalue weighted by Gasteiger charge is -2.18. The second kappa shape index (κ2) is 64.9. The SMILES string of the molecule is CC/C=C\C/C=C\C/C=C\C/C=C\C/C=C\C/C=C\C/C=C\CCCCCCCCCCCC(=O)OCC(COC(=O)CCCCCCCCCCCCCC)OC(=O)CCCCCCC/C=C\CCCCCCCCC. The van der Waals surface area contributed by atoms with E-state index in [4.69, 9.17) is 14.2 Å². The number of carbonyl (C=O) groups excluding carboxylic acids is 3. The van der Waals surface area contributed by atoms with Gasteiger partial charge >= 0.3 is 17.9 Å². The van der Waals surface area contributed by atoms with Crippen molar-refractivity contribution in [1.82, 2.24) is 0 Å². The van der Waals surface area contributed by atoms with Crippen LogP contribution in [-0.4, -0.2) is 37.2 Å². The van der Waals surface area contributed by atoms with Crippen LogP contribution < -0.4 is 0 Å². The van der Waals surface area contributed by atoms with Crippen molar-refractivity contribution in [2.45, 2.75) is 322 Å². The molecule has 1 atom stereocenters. The average Bonchev–Trinajstić information content (AvgIpc) is 3.43. The van der Waals surface area contributed by atoms with Crippen LogP contribution in [0.1, 0.15) is 316 Å². The van der Waals surface area contributed by atoms with Crippen LogP contribution in [0.5, 0.6) is 0 Å². The van der Waals surface area contributed by atoms with Crippen LogP contribution in [0.15, 0.2) is 97.2 Å². The molecule has 0 heterocycles. The van der Waals surface area contributed by atoms with Gasteiger partial charge in [0.25, 0.3) is 0 Å². The van der Waals surface area contributed by atoms with Gasteiger partial charge in [-0.2, -0.15) is 0 Å². The van der Waals surface area contributed by atoms with Gasteiger partial charge in [-0.1, -0.05) is 291 Å². The molecule has 0 radical (unpaired) electrons. The van der Waals surface area contributed by atoms with Crippen molar-refractivity contribution in [1.29, 1.82) is 0 Å². The summed E-state index contributed by atoms with van der Waals surface area (Å²) >= 11 is 0. The molecule has 0 aromatic carbocycles. The van der Waals surface area contributed by atoms with Gasteiger partial charge in [0.2, 0.25) is 0 Å². The second-order valence-corrected chi connectivity index (χ2v) is 21.6. The Morgan fingerprint density at radius 1 is 0.273 bits per heavy atom. The van der Waals surface area contributed by atoms with Crippen LogP contribution >= 0.6 is 0 Å². The van der Waals surface area contributed by atoms with Crippen molar-refractivity contribution in [3.05, 3.63) is 97.2 Å². The molecule has 6 heteroatoms. The largest absolute Gasteiger partial charge is 0.462 e. The highest BCUT2D eigenvalue weighted by Crippen LogP contribution is 2.16. The molecule has 0 N–H and O–H groups in total. The standard InChI is InChI=1S/C71H122O6/c1-4-7-10-13-16-19-22-25-27-29-30-31-32-33-34-35-36-37-38-39-40-41-42-43-45-46-49-52-55-58-61-64-70(73)76-67-68(66-75-69(72)63-60-57-54-51-48-24-21-18-15-12-9-6-3)77-71(74)65-62-59-56-53-50-47-44-28-26-23-20-17-14-11-8-5-2/h7,10,16,19,25,27-28,30-31,33-34,36-37,39-40,44,68H,4-6,8-9,11-15,17-18,20-24,26,29,32,35,38,41-43,45-67H2,1-3H3/b10-7-,19-16-,27-25-,31-30-,34-33-,37-36-,40-39-,44-28-. The van der Waals surface area contributed by atoms with Gasteiger partial charge in [-0.05, 0) is 103 Å². The minimum absolute atomic E-state index is 0.0790. The lowest BCUT2D eigenvalue weighted by Crippen LogP contribution is -2.30. The maximum atomic E-state index is 12.9. The van der Waals surface area contributed by atoms with Crippen molar-refractivity contribution in [2.75, 3.05) is 13.2 Å². The van der Waals surface area contributed by atoms with Crippen LogP contribution in [0.3, 0.4) is 0 Å². The van der Waals surface area contributed by atoms with Crippen LogP contribution in [0, 0.1) is 0 Å². The van der Waals surface area contributed by atoms with E-state index in [-0.39, 0.29) is 31.1 Å². The van der Waals surface area contributed by atoms with Crippen LogP contribution in [0.25, 0.3) is 0 Å². The summed E-state index contributed by atoms with van der Waals surface area (Å²) in [6, 6.07) is 0. The van der Waals surface area contributed by atoms with Gasteiger partial charge in [-0.3, -0.25) is 14.4 Å². The Labute approximate surface area is 477 Å². The normalized spacial score (nSPS) is 12.7. The average molecular weight is 1070 g/mol. The number of hydrogen-bond acceptors (Lipinski definition) is 6. The van der Waals surface area contributed by atoms with E-state index in [1.807, 2.05) is 0 Å². The van der Waals surface area contributed by atoms with Crippen LogP contribution in [0.4, 0.5) is 0 Å². The van der Waals surface area contributed by atoms with Crippen molar-refractivity contribution in [3.8, 4) is 0 Å². The Morgan fingerprint density at radius 3 is 0.805 bits per heavy atom. The fourth-order valence-electron chi connectivity index (χ4n) is 9.18. The lowest BCUT2D eigenvalue weighted by atomic mass is 10.0. The molecule has 442 valence electrons. The first-order chi connectivity index (χ1) is 38.0. The van der Waals surface area contributed by atoms with Crippen LogP contribution in [-0.2, 0) is 28.6 Å². The smallest absolute Gasteiger partial charge is 0.306 e. The Balaban J connectivity index is 4.25. The number of hydrogen-bond donors (Lipinski definition) is 0. The van der Waals surface area contributed by atoms with Gasteiger partial charge in [0.05, 0.1) is 0 Å². The zero-order valence-electron chi connectivity index (χ0n) is 50.7. The summed E-state index contributed by atoms with van der Waals surface area (Å²) in [6.45, 7) is 6.53. The van der Waals surface area contributed by atoms with Crippen molar-refractivity contribution in [2.24, 2.45) is 0 Å². The third-order valence-electron chi connectivity index (χ3n) is 14.1. The molecule has 0 aliphatic rings. The van der Waals surface area contributed by atoms with E-state index in [0.29, 0.717) is 19.3 Å². The molecule has 0 aromatic rings. The predicted molar refractivity (Wildman–Crippen MR) is 334 cm³/mol. The molecular weight excluding hydrogens is 949 g/mol. The predicted octanol–water partition coefficient (Wildman–Crippen LogP) is 22.4. The molecule has 0 aliphatic carbocycles. The zero-order chi connectivity index (χ0) is 55.7. The number of ether oxygens (including phenoxy) is 3. The minimum atomic E-state index is -0.783. The Hall–Kier alpha value is -3.67. The van der Waals surface area contributed by atoms with Crippen LogP contribution in [0.2, 0.25) is 0 Å². The van der Waals surface area contributed by atoms with Crippen molar-refractivity contribution >= 4 is 17.9 Å². The van der Waals surface area contributed by atoms with E-state index < -0.39 is 6.10 Å². The Bertz CT molecular complexity index is 1510. The highest BCUT2D eigenvalue weighted by Gasteiger charge is 2.19. The number of esters is 3. The highest BCUT2D eigenvalue weighted by molar-refractivity contribution is 5.71. The molecular formula is C71H122O6. The van der Waals surface area contributed by atoms with E-state index in [2.05, 4.69) is 118 Å². The van der Waals surface area contributed by atoms with E-state index in [1.54, 1.807) is 0 Å². The van der Waals surface area contributed by atoms with E-state index in [0.717, 1.165) is 122 Å². The first-order valence-corrected chi connectivity index (χ1v) is 32.7. The number of allylic oxidation sites excluding steroid dienone is 16. The summed E-state index contributed by atoms with van der Waals surface area (Å²) < 4.78 is 16.9. The second-order valence-electron chi connectivity index (χ2n) is 21.6. The summed E-state index contributed by atoms with van der Waals surface area (Å²) in [7, 11) is 0. The summed E-state index contributed by atoms with van der Waals surface area (Å²) in [4.78, 5) is 38.3. The lowest BCUT2D eigenvalue weighted by molar-refractivity contribution is -0.167. The summed E-state index contributed by atoms with van der Waals surface area (Å²) in [5.74, 6) is -0.883. The molecule has 0 spiro atoms. The van der Waals surface area contributed by atoms with Gasteiger partial charge in [0, 0.05) is 19.3 Å². The summed E-state index contributed by atoms with van der Waals surface area (Å²) in [5.41, 5.74) is 0. The molecule has 0 saturated carbocycles. The third kappa shape index (κ3) is 63.0. The molecule has 0 aromatic heterocycles. The fraction of sp³-hybridized carbons (Fsp3) is 0.732. The molecule has 0 bridgehead atoms. The maximum Gasteiger partial charge on any atom is 0.306 e. The van der Waals surface area contributed by atoms with E-state index >= 15 is 0 Å².